The molecule has 0 rings (SSSR count). The van der Waals surface area contributed by atoms with Crippen molar-refractivity contribution in [1.82, 2.24) is 4.90 Å². The largest absolute Gasteiger partial charge is 0.310 e. The normalized spacial score (nSPS) is 11.8. The van der Waals surface area contributed by atoms with Gasteiger partial charge in [0.2, 0.25) is 0 Å². The highest BCUT2D eigenvalue weighted by Crippen LogP contribution is 2.18. The van der Waals surface area contributed by atoms with Gasteiger partial charge in [-0.05, 0) is 45.8 Å². The van der Waals surface area contributed by atoms with Gasteiger partial charge in [-0.25, -0.2) is 0 Å². The summed E-state index contributed by atoms with van der Waals surface area (Å²) in [6.07, 6.45) is 38.8. The fourth-order valence-corrected chi connectivity index (χ4v) is 4.29. The molecule has 226 valence electrons. The Morgan fingerprint density at radius 3 is 1.08 bits per heavy atom. The van der Waals surface area contributed by atoms with Gasteiger partial charge in [0, 0.05) is 0 Å². The summed E-state index contributed by atoms with van der Waals surface area (Å²) >= 11 is 0. The number of unbranched alkanes of at least 4 members (excludes halogenated alkanes) is 18. The first-order chi connectivity index (χ1) is 18.0. The summed E-state index contributed by atoms with van der Waals surface area (Å²) in [5.74, 6) is 0.973. The Balaban J connectivity index is -0.000000598. The van der Waals surface area contributed by atoms with Gasteiger partial charge in [0.1, 0.15) is 0 Å². The molecule has 1 nitrogen and oxygen atoms in total. The summed E-state index contributed by atoms with van der Waals surface area (Å²) < 4.78 is 0. The molecule has 0 aromatic heterocycles. The summed E-state index contributed by atoms with van der Waals surface area (Å²) in [6, 6.07) is 0. The number of hydrogen-bond acceptors (Lipinski definition) is 1. The zero-order valence-electron chi connectivity index (χ0n) is 27.9. The van der Waals surface area contributed by atoms with E-state index in [0.29, 0.717) is 0 Å². The maximum absolute atomic E-state index is 2.47. The third-order valence-electron chi connectivity index (χ3n) is 7.35. The molecule has 0 amide bonds. The summed E-state index contributed by atoms with van der Waals surface area (Å²) in [6.45, 7) is 14.8. The van der Waals surface area contributed by atoms with Crippen molar-refractivity contribution in [2.75, 3.05) is 20.6 Å². The highest BCUT2D eigenvalue weighted by atomic mass is 15.0. The molecule has 0 radical (unpaired) electrons. The molecule has 0 fully saturated rings. The minimum atomic E-state index is 0.973. The van der Waals surface area contributed by atoms with Gasteiger partial charge in [0.15, 0.2) is 0 Å². The molecule has 0 heterocycles. The number of hydrogen-bond donors (Lipinski definition) is 0. The maximum atomic E-state index is 2.47. The van der Waals surface area contributed by atoms with E-state index in [1.165, 1.54) is 154 Å². The Morgan fingerprint density at radius 1 is 0.432 bits per heavy atom. The first kappa shape index (κ1) is 41.2. The van der Waals surface area contributed by atoms with Crippen LogP contribution in [0.1, 0.15) is 196 Å². The second-order valence-corrected chi connectivity index (χ2v) is 11.8. The van der Waals surface area contributed by atoms with E-state index in [2.05, 4.69) is 72.7 Å². The van der Waals surface area contributed by atoms with Crippen molar-refractivity contribution < 1.29 is 0 Å². The van der Waals surface area contributed by atoms with Gasteiger partial charge in [-0.3, -0.25) is 0 Å². The molecule has 0 aliphatic heterocycles. The Kier molecular flexibility index (Phi) is 44.7. The van der Waals surface area contributed by atoms with Crippen molar-refractivity contribution in [3.8, 4) is 0 Å². The lowest BCUT2D eigenvalue weighted by atomic mass is 9.96. The van der Waals surface area contributed by atoms with Crippen LogP contribution in [0.5, 0.6) is 0 Å². The molecule has 0 aromatic carbocycles. The molecule has 37 heavy (non-hydrogen) atoms. The van der Waals surface area contributed by atoms with Crippen LogP contribution in [0.4, 0.5) is 0 Å². The van der Waals surface area contributed by atoms with Gasteiger partial charge < -0.3 is 4.90 Å². The van der Waals surface area contributed by atoms with Gasteiger partial charge in [-0.2, -0.15) is 0 Å². The van der Waals surface area contributed by atoms with E-state index in [9.17, 15) is 0 Å². The fraction of sp³-hybridized carbons (Fsp3) is 0.944. The van der Waals surface area contributed by atoms with Crippen LogP contribution in [0.2, 0.25) is 0 Å². The van der Waals surface area contributed by atoms with E-state index in [4.69, 9.17) is 0 Å². The molecule has 0 bridgehead atoms. The molecule has 0 saturated heterocycles. The molecule has 1 heteroatoms. The predicted octanol–water partition coefficient (Wildman–Crippen LogP) is 13.2. The molecule has 0 aliphatic rings. The smallest absolute Gasteiger partial charge is 0.00533 e. The van der Waals surface area contributed by atoms with Crippen LogP contribution in [0.15, 0.2) is 12.2 Å². The quantitative estimate of drug-likeness (QED) is 0.0849. The first-order valence-electron chi connectivity index (χ1n) is 17.3. The minimum Gasteiger partial charge on any atom is -0.310 e. The van der Waals surface area contributed by atoms with Crippen LogP contribution < -0.4 is 0 Å². The summed E-state index contributed by atoms with van der Waals surface area (Å²) in [5, 5.41) is 0. The second-order valence-electron chi connectivity index (χ2n) is 11.8. The third kappa shape index (κ3) is 49.2. The number of allylic oxidation sites excluding steroid dienone is 2. The molecule has 0 saturated carbocycles. The highest BCUT2D eigenvalue weighted by Gasteiger charge is 2.02. The zero-order valence-corrected chi connectivity index (χ0v) is 27.9. The van der Waals surface area contributed by atoms with Crippen molar-refractivity contribution >= 4 is 0 Å². The average molecular weight is 524 g/mol. The minimum absolute atomic E-state index is 0.973. The van der Waals surface area contributed by atoms with Crippen LogP contribution in [0.3, 0.4) is 0 Å². The zero-order chi connectivity index (χ0) is 28.2. The molecule has 0 aliphatic carbocycles. The Labute approximate surface area is 239 Å². The van der Waals surface area contributed by atoms with E-state index in [0.717, 1.165) is 12.5 Å². The lowest BCUT2D eigenvalue weighted by molar-refractivity contribution is 0.430. The summed E-state index contributed by atoms with van der Waals surface area (Å²) in [4.78, 5) is 2.12. The topological polar surface area (TPSA) is 3.24 Å². The Hall–Kier alpha value is -0.300. The van der Waals surface area contributed by atoms with E-state index < -0.39 is 0 Å². The van der Waals surface area contributed by atoms with Crippen LogP contribution in [-0.4, -0.2) is 25.5 Å². The average Bonchev–Trinajstić information content (AvgIpc) is 2.90. The number of rotatable bonds is 25. The summed E-state index contributed by atoms with van der Waals surface area (Å²) in [5.41, 5.74) is 0. The van der Waals surface area contributed by atoms with Crippen molar-refractivity contribution in [1.29, 1.82) is 0 Å². The third-order valence-corrected chi connectivity index (χ3v) is 7.35. The predicted molar refractivity (Wildman–Crippen MR) is 176 cm³/mol. The van der Waals surface area contributed by atoms with Gasteiger partial charge in [0.05, 0.1) is 0 Å². The van der Waals surface area contributed by atoms with Crippen LogP contribution >= 0.6 is 0 Å². The van der Waals surface area contributed by atoms with E-state index >= 15 is 0 Å². The standard InChI is InChI=1S/C21H44.C11H22.C4H11N/c1-4-6-8-10-12-14-16-18-20-21(3)19-17-15-13-11-9-7-5-2;1-3-5-7-9-11-10-8-6-4-2;1-4-5(2)3/h21H,4-20H2,1-3H3;9,11H,3-8,10H2,1-2H3;4H2,1-3H3/b;11-9-;. The molecule has 1 unspecified atom stereocenters. The van der Waals surface area contributed by atoms with E-state index in [-0.39, 0.29) is 0 Å². The van der Waals surface area contributed by atoms with Crippen LogP contribution in [0.25, 0.3) is 0 Å². The molecule has 0 spiro atoms. The van der Waals surface area contributed by atoms with E-state index in [1.807, 2.05) is 0 Å². The van der Waals surface area contributed by atoms with Gasteiger partial charge >= 0.3 is 0 Å². The molecule has 0 N–H and O–H groups in total. The monoisotopic (exact) mass is 524 g/mol. The maximum Gasteiger partial charge on any atom is -0.00533 e. The Bertz CT molecular complexity index is 373. The van der Waals surface area contributed by atoms with Gasteiger partial charge in [-0.15, -0.1) is 0 Å². The van der Waals surface area contributed by atoms with Crippen molar-refractivity contribution in [2.45, 2.75) is 196 Å². The Morgan fingerprint density at radius 2 is 0.730 bits per heavy atom. The van der Waals surface area contributed by atoms with Crippen LogP contribution in [0, 0.1) is 5.92 Å². The lowest BCUT2D eigenvalue weighted by Crippen LogP contribution is -2.08. The fourth-order valence-electron chi connectivity index (χ4n) is 4.29. The molecular formula is C36H77N. The molecular weight excluding hydrogens is 446 g/mol. The summed E-state index contributed by atoms with van der Waals surface area (Å²) in [7, 11) is 4.11. The van der Waals surface area contributed by atoms with Gasteiger partial charge in [0.25, 0.3) is 0 Å². The molecule has 1 atom stereocenters. The van der Waals surface area contributed by atoms with Crippen molar-refractivity contribution in [2.24, 2.45) is 5.92 Å². The number of nitrogens with zero attached hydrogens (tertiary/aromatic N) is 1. The van der Waals surface area contributed by atoms with Gasteiger partial charge in [-0.1, -0.05) is 189 Å². The van der Waals surface area contributed by atoms with Crippen molar-refractivity contribution in [3.63, 3.8) is 0 Å². The van der Waals surface area contributed by atoms with Crippen molar-refractivity contribution in [3.05, 3.63) is 12.2 Å². The van der Waals surface area contributed by atoms with Crippen LogP contribution in [-0.2, 0) is 0 Å². The van der Waals surface area contributed by atoms with E-state index in [1.54, 1.807) is 0 Å². The first-order valence-corrected chi connectivity index (χ1v) is 17.3. The highest BCUT2D eigenvalue weighted by molar-refractivity contribution is 4.80. The molecule has 0 aromatic rings. The SMILES string of the molecule is CCCC/C=C\CCCCC.CCCCCCCCCCC(C)CCCCCCCCC.CCN(C)C. The second kappa shape index (κ2) is 40.2. The lowest BCUT2D eigenvalue weighted by Gasteiger charge is -2.11.